The van der Waals surface area contributed by atoms with Crippen molar-refractivity contribution in [2.75, 3.05) is 0 Å². The third-order valence-electron chi connectivity index (χ3n) is 3.33. The van der Waals surface area contributed by atoms with E-state index in [-0.39, 0.29) is 12.1 Å². The van der Waals surface area contributed by atoms with Gasteiger partial charge < -0.3 is 0 Å². The summed E-state index contributed by atoms with van der Waals surface area (Å²) in [7, 11) is -3.36. The predicted molar refractivity (Wildman–Crippen MR) is 68.9 cm³/mol. The Morgan fingerprint density at radius 1 is 1.35 bits per heavy atom. The number of thiophene rings is 1. The summed E-state index contributed by atoms with van der Waals surface area (Å²) in [5.41, 5.74) is 0. The van der Waals surface area contributed by atoms with Gasteiger partial charge >= 0.3 is 0 Å². The van der Waals surface area contributed by atoms with Crippen molar-refractivity contribution in [3.8, 4) is 0 Å². The predicted octanol–water partition coefficient (Wildman–Crippen LogP) is 2.88. The molecule has 0 N–H and O–H groups in total. The smallest absolute Gasteiger partial charge is 0.206 e. The molecule has 0 saturated carbocycles. The molecule has 2 atom stereocenters. The number of hydrogen-bond donors (Lipinski definition) is 0. The zero-order valence-electron chi connectivity index (χ0n) is 9.04. The van der Waals surface area contributed by atoms with Crippen molar-refractivity contribution in [3.63, 3.8) is 0 Å². The summed E-state index contributed by atoms with van der Waals surface area (Å²) in [4.78, 5) is 0. The molecule has 92 valence electrons. The fourth-order valence-electron chi connectivity index (χ4n) is 2.60. The van der Waals surface area contributed by atoms with Gasteiger partial charge in [-0.2, -0.15) is 4.31 Å². The van der Waals surface area contributed by atoms with Gasteiger partial charge in [0.1, 0.15) is 4.21 Å². The van der Waals surface area contributed by atoms with E-state index in [1.165, 1.54) is 0 Å². The Balaban J connectivity index is 2.02. The van der Waals surface area contributed by atoms with Gasteiger partial charge in [-0.3, -0.25) is 0 Å². The van der Waals surface area contributed by atoms with Crippen molar-refractivity contribution in [2.24, 2.45) is 0 Å². The lowest BCUT2D eigenvalue weighted by atomic mass is 10.2. The van der Waals surface area contributed by atoms with Crippen LogP contribution in [0.15, 0.2) is 28.5 Å². The van der Waals surface area contributed by atoms with Crippen LogP contribution in [-0.2, 0) is 10.0 Å². The van der Waals surface area contributed by atoms with Crippen molar-refractivity contribution in [2.45, 2.75) is 35.6 Å². The molecule has 0 radical (unpaired) electrons. The standard InChI is InChI=1S/C11H12ClNO2S2/c12-10-6-7-11(16-10)17(14,15)13-8-2-1-3-9(13)5-4-8/h1-2,6-9H,3-5H2/t8-,9-/m0/s1. The Morgan fingerprint density at radius 2 is 2.18 bits per heavy atom. The van der Waals surface area contributed by atoms with Gasteiger partial charge in [-0.1, -0.05) is 23.8 Å². The van der Waals surface area contributed by atoms with Crippen molar-refractivity contribution in [1.29, 1.82) is 0 Å². The summed E-state index contributed by atoms with van der Waals surface area (Å²) in [6.07, 6.45) is 6.82. The van der Waals surface area contributed by atoms with E-state index >= 15 is 0 Å². The number of nitrogens with zero attached hydrogens (tertiary/aromatic N) is 1. The lowest BCUT2D eigenvalue weighted by Crippen LogP contribution is -2.41. The minimum Gasteiger partial charge on any atom is -0.206 e. The van der Waals surface area contributed by atoms with Crippen LogP contribution >= 0.6 is 22.9 Å². The third-order valence-corrected chi connectivity index (χ3v) is 7.01. The first-order valence-corrected chi connectivity index (χ1v) is 8.18. The second-order valence-electron chi connectivity index (χ2n) is 4.36. The van der Waals surface area contributed by atoms with Gasteiger partial charge in [0.15, 0.2) is 0 Å². The van der Waals surface area contributed by atoms with E-state index in [9.17, 15) is 8.42 Å². The molecule has 1 fully saturated rings. The van der Waals surface area contributed by atoms with E-state index in [4.69, 9.17) is 11.6 Å². The van der Waals surface area contributed by atoms with Crippen LogP contribution in [0.1, 0.15) is 19.3 Å². The molecular weight excluding hydrogens is 278 g/mol. The van der Waals surface area contributed by atoms with E-state index in [2.05, 4.69) is 6.08 Å². The van der Waals surface area contributed by atoms with Crippen molar-refractivity contribution < 1.29 is 8.42 Å². The Morgan fingerprint density at radius 3 is 2.82 bits per heavy atom. The molecule has 0 aromatic carbocycles. The first-order valence-electron chi connectivity index (χ1n) is 5.54. The van der Waals surface area contributed by atoms with Crippen LogP contribution in [0, 0.1) is 0 Å². The maximum Gasteiger partial charge on any atom is 0.253 e. The zero-order chi connectivity index (χ0) is 12.0. The highest BCUT2D eigenvalue weighted by molar-refractivity contribution is 7.91. The van der Waals surface area contributed by atoms with Crippen LogP contribution in [0.25, 0.3) is 0 Å². The highest BCUT2D eigenvalue weighted by Crippen LogP contribution is 2.38. The molecule has 1 saturated heterocycles. The molecule has 0 aliphatic carbocycles. The van der Waals surface area contributed by atoms with Crippen molar-refractivity contribution in [3.05, 3.63) is 28.6 Å². The molecule has 0 unspecified atom stereocenters. The van der Waals surface area contributed by atoms with Crippen LogP contribution in [0.4, 0.5) is 0 Å². The van der Waals surface area contributed by atoms with E-state index in [0.29, 0.717) is 8.55 Å². The third kappa shape index (κ3) is 1.85. The second-order valence-corrected chi connectivity index (χ2v) is 8.14. The van der Waals surface area contributed by atoms with Gasteiger partial charge in [-0.15, -0.1) is 11.3 Å². The van der Waals surface area contributed by atoms with Crippen LogP contribution in [-0.4, -0.2) is 24.8 Å². The fraction of sp³-hybridized carbons (Fsp3) is 0.455. The largest absolute Gasteiger partial charge is 0.253 e. The SMILES string of the molecule is O=S(=O)(c1ccc(Cl)s1)N1[C@H]2CC=C[C@H]1CC2. The molecule has 1 aromatic heterocycles. The average molecular weight is 290 g/mol. The average Bonchev–Trinajstić information content (AvgIpc) is 2.82. The number of rotatable bonds is 2. The van der Waals surface area contributed by atoms with Gasteiger partial charge in [0.2, 0.25) is 0 Å². The summed E-state index contributed by atoms with van der Waals surface area (Å²) in [5, 5.41) is 0. The van der Waals surface area contributed by atoms with Crippen LogP contribution in [0.3, 0.4) is 0 Å². The van der Waals surface area contributed by atoms with Gasteiger partial charge in [-0.25, -0.2) is 8.42 Å². The Hall–Kier alpha value is -0.360. The molecule has 1 aromatic rings. The van der Waals surface area contributed by atoms with Gasteiger partial charge in [-0.05, 0) is 31.4 Å². The molecule has 3 heterocycles. The summed E-state index contributed by atoms with van der Waals surface area (Å²) < 4.78 is 27.5. The highest BCUT2D eigenvalue weighted by atomic mass is 35.5. The number of sulfonamides is 1. The minimum absolute atomic E-state index is 0.0413. The number of fused-ring (bicyclic) bond motifs is 2. The van der Waals surface area contributed by atoms with E-state index in [0.717, 1.165) is 30.6 Å². The lowest BCUT2D eigenvalue weighted by molar-refractivity contribution is 0.342. The molecule has 3 rings (SSSR count). The first kappa shape index (κ1) is 11.7. The molecule has 2 aliphatic rings. The summed E-state index contributed by atoms with van der Waals surface area (Å²) in [6.45, 7) is 0. The van der Waals surface area contributed by atoms with E-state index < -0.39 is 10.0 Å². The molecule has 0 amide bonds. The fourth-order valence-corrected chi connectivity index (χ4v) is 6.03. The summed E-state index contributed by atoms with van der Waals surface area (Å²) >= 11 is 6.95. The van der Waals surface area contributed by atoms with Crippen LogP contribution in [0.5, 0.6) is 0 Å². The summed E-state index contributed by atoms with van der Waals surface area (Å²) in [5.74, 6) is 0. The monoisotopic (exact) mass is 289 g/mol. The van der Waals surface area contributed by atoms with Gasteiger partial charge in [0, 0.05) is 12.1 Å². The molecule has 3 nitrogen and oxygen atoms in total. The summed E-state index contributed by atoms with van der Waals surface area (Å²) in [6, 6.07) is 3.41. The quantitative estimate of drug-likeness (QED) is 0.785. The molecule has 0 spiro atoms. The second kappa shape index (κ2) is 4.09. The van der Waals surface area contributed by atoms with Gasteiger partial charge in [0.05, 0.1) is 4.34 Å². The first-order chi connectivity index (χ1) is 8.09. The van der Waals surface area contributed by atoms with Crippen LogP contribution < -0.4 is 0 Å². The number of hydrogen-bond acceptors (Lipinski definition) is 3. The number of halogens is 1. The Kier molecular flexibility index (Phi) is 2.82. The topological polar surface area (TPSA) is 37.4 Å². The van der Waals surface area contributed by atoms with Gasteiger partial charge in [0.25, 0.3) is 10.0 Å². The maximum absolute atomic E-state index is 12.5. The van der Waals surface area contributed by atoms with E-state index in [1.807, 2.05) is 6.08 Å². The molecule has 2 aliphatic heterocycles. The van der Waals surface area contributed by atoms with Crippen molar-refractivity contribution >= 4 is 33.0 Å². The lowest BCUT2D eigenvalue weighted by Gasteiger charge is -2.29. The van der Waals surface area contributed by atoms with Crippen LogP contribution in [0.2, 0.25) is 4.34 Å². The Bertz CT molecular complexity index is 564. The molecule has 6 heteroatoms. The van der Waals surface area contributed by atoms with E-state index in [1.54, 1.807) is 16.4 Å². The highest BCUT2D eigenvalue weighted by Gasteiger charge is 2.42. The van der Waals surface area contributed by atoms with Crippen molar-refractivity contribution in [1.82, 2.24) is 4.31 Å². The Labute approximate surface area is 110 Å². The molecule has 2 bridgehead atoms. The zero-order valence-corrected chi connectivity index (χ0v) is 11.4. The normalized spacial score (nSPS) is 28.8. The molecular formula is C11H12ClNO2S2. The molecule has 17 heavy (non-hydrogen) atoms. The maximum atomic E-state index is 12.5. The minimum atomic E-state index is -3.36.